The average Bonchev–Trinajstić information content (AvgIpc) is 2.94. The summed E-state index contributed by atoms with van der Waals surface area (Å²) in [6.07, 6.45) is 4.23. The molecule has 3 rings (SSSR count). The summed E-state index contributed by atoms with van der Waals surface area (Å²) in [5.74, 6) is 0. The summed E-state index contributed by atoms with van der Waals surface area (Å²) in [4.78, 5) is 5.25. The van der Waals surface area contributed by atoms with E-state index in [1.165, 1.54) is 12.8 Å². The van der Waals surface area contributed by atoms with Crippen LogP contribution in [0.3, 0.4) is 0 Å². The molecule has 1 aromatic rings. The van der Waals surface area contributed by atoms with Crippen molar-refractivity contribution in [2.75, 3.05) is 0 Å². The molecule has 1 saturated carbocycles. The number of hydrazone groups is 1. The van der Waals surface area contributed by atoms with Gasteiger partial charge in [0, 0.05) is 10.1 Å². The number of rotatable bonds is 2. The van der Waals surface area contributed by atoms with E-state index in [4.69, 9.17) is 0 Å². The second-order valence-electron chi connectivity index (χ2n) is 4.46. The van der Waals surface area contributed by atoms with E-state index >= 15 is 0 Å². The summed E-state index contributed by atoms with van der Waals surface area (Å²) < 4.78 is 0. The summed E-state index contributed by atoms with van der Waals surface area (Å²) in [6, 6.07) is 10.5. The van der Waals surface area contributed by atoms with Crippen molar-refractivity contribution in [3.05, 3.63) is 35.9 Å². The van der Waals surface area contributed by atoms with Crippen LogP contribution in [-0.4, -0.2) is 27.5 Å². The first-order valence-electron chi connectivity index (χ1n) is 6.05. The zero-order valence-electron chi connectivity index (χ0n) is 9.79. The Balaban J connectivity index is 1.57. The smallest absolute Gasteiger partial charge is 0.177 e. The third-order valence-electron chi connectivity index (χ3n) is 3.18. The number of nitrogens with zero attached hydrogens (tertiary/aromatic N) is 2. The molecule has 1 aromatic carbocycles. The van der Waals surface area contributed by atoms with Crippen molar-refractivity contribution in [1.29, 1.82) is 0 Å². The van der Waals surface area contributed by atoms with E-state index in [-0.39, 0.29) is 0 Å². The SMILES string of the molecule is Br[C@H]1CC[C@H]2N=C(N/N=C\c3ccccc3)S[C@@H]12. The van der Waals surface area contributed by atoms with Crippen molar-refractivity contribution in [2.45, 2.75) is 29.0 Å². The quantitative estimate of drug-likeness (QED) is 0.516. The minimum Gasteiger partial charge on any atom is -0.257 e. The molecule has 3 atom stereocenters. The summed E-state index contributed by atoms with van der Waals surface area (Å²) in [7, 11) is 0. The molecule has 5 heteroatoms. The van der Waals surface area contributed by atoms with E-state index in [1.807, 2.05) is 36.5 Å². The fourth-order valence-electron chi connectivity index (χ4n) is 2.26. The number of alkyl halides is 1. The van der Waals surface area contributed by atoms with Gasteiger partial charge in [-0.3, -0.25) is 10.4 Å². The van der Waals surface area contributed by atoms with Gasteiger partial charge in [-0.25, -0.2) is 0 Å². The van der Waals surface area contributed by atoms with Gasteiger partial charge in [0.1, 0.15) is 0 Å². The number of benzene rings is 1. The Morgan fingerprint density at radius 2 is 2.17 bits per heavy atom. The van der Waals surface area contributed by atoms with Gasteiger partial charge in [0.25, 0.3) is 0 Å². The molecule has 94 valence electrons. The van der Waals surface area contributed by atoms with Crippen LogP contribution in [0, 0.1) is 0 Å². The van der Waals surface area contributed by atoms with Crippen LogP contribution in [0.4, 0.5) is 0 Å². The third kappa shape index (κ3) is 2.62. The average molecular weight is 324 g/mol. The number of hydrogen-bond donors (Lipinski definition) is 1. The van der Waals surface area contributed by atoms with Gasteiger partial charge < -0.3 is 0 Å². The highest BCUT2D eigenvalue weighted by Gasteiger charge is 2.40. The maximum absolute atomic E-state index is 4.66. The molecule has 0 unspecified atom stereocenters. The summed E-state index contributed by atoms with van der Waals surface area (Å²) in [6.45, 7) is 0. The predicted molar refractivity (Wildman–Crippen MR) is 81.7 cm³/mol. The molecule has 2 aliphatic rings. The number of thioether (sulfide) groups is 1. The molecule has 1 aliphatic heterocycles. The molecule has 0 bridgehead atoms. The van der Waals surface area contributed by atoms with E-state index in [0.29, 0.717) is 16.1 Å². The Labute approximate surface area is 119 Å². The Hall–Kier alpha value is -0.810. The largest absolute Gasteiger partial charge is 0.257 e. The standard InChI is InChI=1S/C13H14BrN3S/c14-10-6-7-11-12(10)18-13(16-11)17-15-8-9-4-2-1-3-5-9/h1-5,8,10-12H,6-7H2,(H,16,17)/b15-8-/t10-,11+,12-/m0/s1. The molecule has 18 heavy (non-hydrogen) atoms. The molecular formula is C13H14BrN3S. The van der Waals surface area contributed by atoms with Gasteiger partial charge in [0.2, 0.25) is 0 Å². The van der Waals surface area contributed by atoms with Gasteiger partial charge in [-0.05, 0) is 18.4 Å². The van der Waals surface area contributed by atoms with Crippen LogP contribution >= 0.6 is 27.7 Å². The van der Waals surface area contributed by atoms with Gasteiger partial charge in [-0.15, -0.1) is 0 Å². The molecule has 1 heterocycles. The van der Waals surface area contributed by atoms with Crippen LogP contribution in [-0.2, 0) is 0 Å². The van der Waals surface area contributed by atoms with Crippen LogP contribution in [0.5, 0.6) is 0 Å². The minimum atomic E-state index is 0.466. The lowest BCUT2D eigenvalue weighted by molar-refractivity contribution is 0.729. The monoisotopic (exact) mass is 323 g/mol. The van der Waals surface area contributed by atoms with Gasteiger partial charge in [0.15, 0.2) is 5.17 Å². The number of hydrogen-bond acceptors (Lipinski definition) is 4. The van der Waals surface area contributed by atoms with Crippen molar-refractivity contribution in [3.8, 4) is 0 Å². The third-order valence-corrected chi connectivity index (χ3v) is 5.89. The van der Waals surface area contributed by atoms with Crippen molar-refractivity contribution in [3.63, 3.8) is 0 Å². The van der Waals surface area contributed by atoms with Crippen LogP contribution in [0.1, 0.15) is 18.4 Å². The first kappa shape index (κ1) is 12.2. The molecule has 0 amide bonds. The number of amidine groups is 1. The highest BCUT2D eigenvalue weighted by molar-refractivity contribution is 9.09. The maximum atomic E-state index is 4.66. The molecule has 0 spiro atoms. The Bertz CT molecular complexity index is 474. The lowest BCUT2D eigenvalue weighted by atomic mass is 10.2. The molecule has 1 fully saturated rings. The summed E-state index contributed by atoms with van der Waals surface area (Å²) >= 11 is 5.52. The zero-order valence-corrected chi connectivity index (χ0v) is 12.2. The Morgan fingerprint density at radius 1 is 1.33 bits per heavy atom. The Morgan fingerprint density at radius 3 is 2.94 bits per heavy atom. The van der Waals surface area contributed by atoms with Gasteiger partial charge in [-0.2, -0.15) is 5.10 Å². The number of aliphatic imine (C=N–C) groups is 1. The second-order valence-corrected chi connectivity index (χ2v) is 6.80. The van der Waals surface area contributed by atoms with Crippen molar-refractivity contribution in [1.82, 2.24) is 5.43 Å². The first-order valence-corrected chi connectivity index (χ1v) is 7.85. The second kappa shape index (κ2) is 5.45. The number of fused-ring (bicyclic) bond motifs is 1. The Kier molecular flexibility index (Phi) is 3.70. The first-order chi connectivity index (χ1) is 8.83. The van der Waals surface area contributed by atoms with Crippen LogP contribution in [0.2, 0.25) is 0 Å². The van der Waals surface area contributed by atoms with Crippen LogP contribution in [0.25, 0.3) is 0 Å². The lowest BCUT2D eigenvalue weighted by Crippen LogP contribution is -2.17. The van der Waals surface area contributed by atoms with Gasteiger partial charge in [-0.1, -0.05) is 58.0 Å². The normalized spacial score (nSPS) is 30.5. The fraction of sp³-hybridized carbons (Fsp3) is 0.385. The highest BCUT2D eigenvalue weighted by atomic mass is 79.9. The van der Waals surface area contributed by atoms with E-state index in [0.717, 1.165) is 10.7 Å². The molecule has 0 aromatic heterocycles. The highest BCUT2D eigenvalue weighted by Crippen LogP contribution is 2.41. The molecule has 1 aliphatic carbocycles. The topological polar surface area (TPSA) is 36.8 Å². The molecule has 0 radical (unpaired) electrons. The fourth-order valence-corrected chi connectivity index (χ4v) is 4.39. The van der Waals surface area contributed by atoms with Crippen molar-refractivity contribution < 1.29 is 0 Å². The molecule has 3 nitrogen and oxygen atoms in total. The number of nitrogens with one attached hydrogen (secondary N) is 1. The molecular weight excluding hydrogens is 310 g/mol. The van der Waals surface area contributed by atoms with Crippen molar-refractivity contribution >= 4 is 39.1 Å². The van der Waals surface area contributed by atoms with Crippen molar-refractivity contribution in [2.24, 2.45) is 10.1 Å². The zero-order chi connectivity index (χ0) is 12.4. The minimum absolute atomic E-state index is 0.466. The number of halogens is 1. The maximum Gasteiger partial charge on any atom is 0.177 e. The lowest BCUT2D eigenvalue weighted by Gasteiger charge is -2.09. The molecule has 0 saturated heterocycles. The van der Waals surface area contributed by atoms with Crippen LogP contribution in [0.15, 0.2) is 40.4 Å². The van der Waals surface area contributed by atoms with E-state index in [1.54, 1.807) is 11.8 Å². The van der Waals surface area contributed by atoms with Gasteiger partial charge in [0.05, 0.1) is 12.3 Å². The van der Waals surface area contributed by atoms with Gasteiger partial charge >= 0.3 is 0 Å². The van der Waals surface area contributed by atoms with E-state index < -0.39 is 0 Å². The van der Waals surface area contributed by atoms with E-state index in [2.05, 4.69) is 31.4 Å². The van der Waals surface area contributed by atoms with E-state index in [9.17, 15) is 0 Å². The summed E-state index contributed by atoms with van der Waals surface area (Å²) in [5.41, 5.74) is 4.13. The molecule has 1 N–H and O–H groups in total. The predicted octanol–water partition coefficient (Wildman–Crippen LogP) is 3.01. The summed E-state index contributed by atoms with van der Waals surface area (Å²) in [5, 5.41) is 5.76. The van der Waals surface area contributed by atoms with Crippen LogP contribution < -0.4 is 5.43 Å².